The zero-order valence-corrected chi connectivity index (χ0v) is 18.1. The topological polar surface area (TPSA) is 90.9 Å². The average Bonchev–Trinajstić information content (AvgIpc) is 2.74. The Hall–Kier alpha value is -2.57. The molecule has 30 heavy (non-hydrogen) atoms. The Morgan fingerprint density at radius 3 is 2.30 bits per heavy atom. The monoisotopic (exact) mass is 419 g/mol. The summed E-state index contributed by atoms with van der Waals surface area (Å²) in [7, 11) is 1.57. The van der Waals surface area contributed by atoms with E-state index in [0.29, 0.717) is 11.7 Å². The second-order valence-corrected chi connectivity index (χ2v) is 7.77. The highest BCUT2D eigenvalue weighted by Gasteiger charge is 2.23. The van der Waals surface area contributed by atoms with E-state index < -0.39 is 12.0 Å². The van der Waals surface area contributed by atoms with Crippen LogP contribution in [0.25, 0.3) is 0 Å². The number of nitrogens with one attached hydrogen (secondary N) is 1. The lowest BCUT2D eigenvalue weighted by atomic mass is 9.89. The molecule has 0 bridgehead atoms. The normalized spacial score (nSPS) is 19.4. The zero-order valence-electron chi connectivity index (χ0n) is 18.1. The molecule has 1 N–H and O–H groups in total. The summed E-state index contributed by atoms with van der Waals surface area (Å²) >= 11 is 0. The lowest BCUT2D eigenvalue weighted by Crippen LogP contribution is -2.31. The third-order valence-corrected chi connectivity index (χ3v) is 5.35. The molecule has 2 rings (SSSR count). The van der Waals surface area contributed by atoms with Crippen molar-refractivity contribution in [2.24, 2.45) is 5.92 Å². The van der Waals surface area contributed by atoms with Crippen LogP contribution in [0.15, 0.2) is 24.3 Å². The van der Waals surface area contributed by atoms with Gasteiger partial charge in [-0.2, -0.15) is 0 Å². The highest BCUT2D eigenvalue weighted by Crippen LogP contribution is 2.26. The van der Waals surface area contributed by atoms with Crippen LogP contribution in [0.5, 0.6) is 5.75 Å². The molecule has 1 aliphatic carbocycles. The Labute approximate surface area is 178 Å². The van der Waals surface area contributed by atoms with Gasteiger partial charge in [-0.25, -0.2) is 0 Å². The van der Waals surface area contributed by atoms with Gasteiger partial charge < -0.3 is 19.5 Å². The first-order valence-corrected chi connectivity index (χ1v) is 10.7. The molecular formula is C23H33NO6. The van der Waals surface area contributed by atoms with E-state index in [-0.39, 0.29) is 43.8 Å². The summed E-state index contributed by atoms with van der Waals surface area (Å²) in [4.78, 5) is 36.5. The average molecular weight is 420 g/mol. The van der Waals surface area contributed by atoms with E-state index in [0.717, 1.165) is 31.2 Å². The van der Waals surface area contributed by atoms with Gasteiger partial charge in [-0.15, -0.1) is 0 Å². The van der Waals surface area contributed by atoms with Crippen LogP contribution in [-0.4, -0.2) is 37.7 Å². The SMILES string of the molecule is CCOC(=O)C[C@H](NC(=O)CCC(=O)OC1CCC(C)CC1)c1ccc(OC)cc1. The number of amides is 1. The van der Waals surface area contributed by atoms with E-state index in [4.69, 9.17) is 14.2 Å². The Balaban J connectivity index is 1.87. The van der Waals surface area contributed by atoms with Crippen LogP contribution >= 0.6 is 0 Å². The molecule has 1 amide bonds. The molecule has 166 valence electrons. The highest BCUT2D eigenvalue weighted by atomic mass is 16.5. The van der Waals surface area contributed by atoms with E-state index in [2.05, 4.69) is 12.2 Å². The molecule has 1 aromatic carbocycles. The summed E-state index contributed by atoms with van der Waals surface area (Å²) in [5.41, 5.74) is 0.760. The Morgan fingerprint density at radius 2 is 1.70 bits per heavy atom. The Kier molecular flexibility index (Phi) is 9.64. The van der Waals surface area contributed by atoms with Gasteiger partial charge in [-0.05, 0) is 56.2 Å². The molecule has 7 heteroatoms. The van der Waals surface area contributed by atoms with Gasteiger partial charge in [-0.3, -0.25) is 14.4 Å². The molecule has 7 nitrogen and oxygen atoms in total. The van der Waals surface area contributed by atoms with Gasteiger partial charge in [0.1, 0.15) is 11.9 Å². The van der Waals surface area contributed by atoms with Crippen molar-refractivity contribution in [1.29, 1.82) is 0 Å². The maximum absolute atomic E-state index is 12.4. The molecule has 1 fully saturated rings. The lowest BCUT2D eigenvalue weighted by molar-refractivity contribution is -0.152. The third kappa shape index (κ3) is 8.05. The largest absolute Gasteiger partial charge is 0.497 e. The molecule has 0 unspecified atom stereocenters. The summed E-state index contributed by atoms with van der Waals surface area (Å²) in [5, 5.41) is 2.84. The van der Waals surface area contributed by atoms with Crippen LogP contribution in [0.2, 0.25) is 0 Å². The van der Waals surface area contributed by atoms with Gasteiger partial charge in [0.15, 0.2) is 0 Å². The quantitative estimate of drug-likeness (QED) is 0.582. The van der Waals surface area contributed by atoms with Crippen LogP contribution in [0.3, 0.4) is 0 Å². The molecule has 0 radical (unpaired) electrons. The lowest BCUT2D eigenvalue weighted by Gasteiger charge is -2.26. The number of rotatable bonds is 10. The van der Waals surface area contributed by atoms with E-state index >= 15 is 0 Å². The minimum absolute atomic E-state index is 0.0105. The summed E-state index contributed by atoms with van der Waals surface area (Å²) < 4.78 is 15.7. The third-order valence-electron chi connectivity index (χ3n) is 5.35. The molecule has 1 saturated carbocycles. The van der Waals surface area contributed by atoms with Crippen molar-refractivity contribution in [3.63, 3.8) is 0 Å². The van der Waals surface area contributed by atoms with E-state index in [1.165, 1.54) is 0 Å². The highest BCUT2D eigenvalue weighted by molar-refractivity contribution is 5.82. The van der Waals surface area contributed by atoms with Gasteiger partial charge in [-0.1, -0.05) is 19.1 Å². The number of hydrogen-bond acceptors (Lipinski definition) is 6. The van der Waals surface area contributed by atoms with Crippen molar-refractivity contribution in [1.82, 2.24) is 5.32 Å². The van der Waals surface area contributed by atoms with E-state index in [9.17, 15) is 14.4 Å². The Bertz CT molecular complexity index is 694. The van der Waals surface area contributed by atoms with Crippen LogP contribution in [0, 0.1) is 5.92 Å². The maximum Gasteiger partial charge on any atom is 0.308 e. The predicted octanol–water partition coefficient (Wildman–Crippen LogP) is 3.71. The van der Waals surface area contributed by atoms with Crippen LogP contribution in [-0.2, 0) is 23.9 Å². The van der Waals surface area contributed by atoms with E-state index in [1.807, 2.05) is 0 Å². The number of benzene rings is 1. The number of carbonyl (C=O) groups excluding carboxylic acids is 3. The van der Waals surface area contributed by atoms with Gasteiger partial charge in [0.05, 0.1) is 32.6 Å². The summed E-state index contributed by atoms with van der Waals surface area (Å²) in [6.07, 6.45) is 3.91. The molecule has 1 aliphatic rings. The molecule has 0 spiro atoms. The number of esters is 2. The standard InChI is InChI=1S/C23H33NO6/c1-4-29-23(27)15-20(17-7-11-18(28-3)12-8-17)24-21(25)13-14-22(26)30-19-9-5-16(2)6-10-19/h7-8,11-12,16,19-20H,4-6,9-10,13-15H2,1-3H3,(H,24,25)/t16?,19?,20-/m0/s1. The second-order valence-electron chi connectivity index (χ2n) is 7.77. The fourth-order valence-corrected chi connectivity index (χ4v) is 3.55. The summed E-state index contributed by atoms with van der Waals surface area (Å²) in [5.74, 6) is 0.301. The molecule has 0 aliphatic heterocycles. The molecule has 0 aromatic heterocycles. The number of ether oxygens (including phenoxy) is 3. The minimum atomic E-state index is -0.543. The van der Waals surface area contributed by atoms with Crippen LogP contribution in [0.4, 0.5) is 0 Å². The molecule has 1 aromatic rings. The molecule has 0 saturated heterocycles. The maximum atomic E-state index is 12.4. The van der Waals surface area contributed by atoms with E-state index in [1.54, 1.807) is 38.3 Å². The number of methoxy groups -OCH3 is 1. The Morgan fingerprint density at radius 1 is 1.03 bits per heavy atom. The molecular weight excluding hydrogens is 386 g/mol. The number of carbonyl (C=O) groups is 3. The molecule has 1 atom stereocenters. The van der Waals surface area contributed by atoms with Gasteiger partial charge in [0, 0.05) is 6.42 Å². The van der Waals surface area contributed by atoms with Gasteiger partial charge >= 0.3 is 11.9 Å². The van der Waals surface area contributed by atoms with Crippen molar-refractivity contribution < 1.29 is 28.6 Å². The van der Waals surface area contributed by atoms with Crippen LogP contribution < -0.4 is 10.1 Å². The first-order chi connectivity index (χ1) is 14.4. The van der Waals surface area contributed by atoms with Crippen molar-refractivity contribution in [3.8, 4) is 5.75 Å². The van der Waals surface area contributed by atoms with Crippen molar-refractivity contribution in [2.45, 2.75) is 70.9 Å². The van der Waals surface area contributed by atoms with Crippen molar-refractivity contribution >= 4 is 17.8 Å². The van der Waals surface area contributed by atoms with Crippen molar-refractivity contribution in [2.75, 3.05) is 13.7 Å². The van der Waals surface area contributed by atoms with Gasteiger partial charge in [0.25, 0.3) is 0 Å². The second kappa shape index (κ2) is 12.2. The summed E-state index contributed by atoms with van der Waals surface area (Å²) in [6, 6.07) is 6.57. The molecule has 0 heterocycles. The predicted molar refractivity (Wildman–Crippen MR) is 112 cm³/mol. The summed E-state index contributed by atoms with van der Waals surface area (Å²) in [6.45, 7) is 4.21. The minimum Gasteiger partial charge on any atom is -0.497 e. The first kappa shape index (κ1) is 23.7. The van der Waals surface area contributed by atoms with Crippen molar-refractivity contribution in [3.05, 3.63) is 29.8 Å². The zero-order chi connectivity index (χ0) is 21.9. The number of hydrogen-bond donors (Lipinski definition) is 1. The van der Waals surface area contributed by atoms with Crippen LogP contribution in [0.1, 0.15) is 70.4 Å². The van der Waals surface area contributed by atoms with Gasteiger partial charge in [0.2, 0.25) is 5.91 Å². The fraction of sp³-hybridized carbons (Fsp3) is 0.609. The smallest absolute Gasteiger partial charge is 0.308 e. The fourth-order valence-electron chi connectivity index (χ4n) is 3.55. The first-order valence-electron chi connectivity index (χ1n) is 10.7.